The predicted molar refractivity (Wildman–Crippen MR) is 129 cm³/mol. The van der Waals surface area contributed by atoms with Crippen molar-refractivity contribution in [3.63, 3.8) is 0 Å². The van der Waals surface area contributed by atoms with E-state index in [1.165, 1.54) is 12.1 Å². The van der Waals surface area contributed by atoms with Gasteiger partial charge in [-0.1, -0.05) is 48.5 Å². The lowest BCUT2D eigenvalue weighted by molar-refractivity contribution is -0.384. The minimum Gasteiger partial charge on any atom is -0.379 e. The molecule has 1 aliphatic rings. The molecule has 176 valence electrons. The standard InChI is InChI=1S/C25H26N4O5/c1-17-9-10-21(22(15-17)29(32)33)27-25(31)24(30)26-16-23(28-11-13-34-14-12-28)20-8-4-6-18-5-2-3-7-19(18)20/h2-10,15,23H,11-14,16H2,1H3,(H,26,30)(H,27,31)/t23-/m0/s1. The van der Waals surface area contributed by atoms with Crippen LogP contribution in [-0.4, -0.2) is 54.5 Å². The van der Waals surface area contributed by atoms with E-state index in [2.05, 4.69) is 15.5 Å². The molecule has 9 heteroatoms. The zero-order valence-corrected chi connectivity index (χ0v) is 18.8. The molecule has 3 aromatic carbocycles. The topological polar surface area (TPSA) is 114 Å². The minimum atomic E-state index is -0.953. The lowest BCUT2D eigenvalue weighted by Gasteiger charge is -2.35. The summed E-state index contributed by atoms with van der Waals surface area (Å²) in [6.45, 7) is 4.50. The molecule has 4 rings (SSSR count). The second-order valence-corrected chi connectivity index (χ2v) is 8.17. The van der Waals surface area contributed by atoms with Crippen LogP contribution in [0.3, 0.4) is 0 Å². The summed E-state index contributed by atoms with van der Waals surface area (Å²) in [6, 6.07) is 18.3. The van der Waals surface area contributed by atoms with Crippen LogP contribution < -0.4 is 10.6 Å². The molecule has 1 saturated heterocycles. The van der Waals surface area contributed by atoms with Gasteiger partial charge in [0, 0.05) is 25.7 Å². The third-order valence-corrected chi connectivity index (χ3v) is 5.93. The van der Waals surface area contributed by atoms with Gasteiger partial charge in [0.25, 0.3) is 5.69 Å². The number of morpholine rings is 1. The van der Waals surface area contributed by atoms with E-state index in [4.69, 9.17) is 4.74 Å². The number of nitro groups is 1. The molecule has 1 atom stereocenters. The number of rotatable bonds is 6. The number of nitrogens with zero attached hydrogens (tertiary/aromatic N) is 2. The van der Waals surface area contributed by atoms with E-state index in [-0.39, 0.29) is 24.0 Å². The Kier molecular flexibility index (Phi) is 7.15. The molecule has 1 fully saturated rings. The number of benzene rings is 3. The molecule has 1 heterocycles. The van der Waals surface area contributed by atoms with Gasteiger partial charge in [0.1, 0.15) is 5.69 Å². The maximum atomic E-state index is 12.6. The van der Waals surface area contributed by atoms with E-state index in [0.717, 1.165) is 16.3 Å². The summed E-state index contributed by atoms with van der Waals surface area (Å²) in [5.41, 5.74) is 1.45. The third kappa shape index (κ3) is 5.22. The number of anilines is 1. The van der Waals surface area contributed by atoms with Crippen molar-refractivity contribution in [2.75, 3.05) is 38.2 Å². The Hall–Kier alpha value is -3.82. The van der Waals surface area contributed by atoms with Gasteiger partial charge in [-0.05, 0) is 34.9 Å². The number of ether oxygens (including phenoxy) is 1. The van der Waals surface area contributed by atoms with Crippen molar-refractivity contribution in [3.8, 4) is 0 Å². The fourth-order valence-electron chi connectivity index (χ4n) is 4.21. The summed E-state index contributed by atoms with van der Waals surface area (Å²) in [7, 11) is 0. The molecule has 0 aromatic heterocycles. The highest BCUT2D eigenvalue weighted by molar-refractivity contribution is 6.39. The second-order valence-electron chi connectivity index (χ2n) is 8.17. The maximum Gasteiger partial charge on any atom is 0.313 e. The highest BCUT2D eigenvalue weighted by atomic mass is 16.6. The van der Waals surface area contributed by atoms with E-state index in [9.17, 15) is 19.7 Å². The number of amides is 2. The van der Waals surface area contributed by atoms with Gasteiger partial charge in [0.2, 0.25) is 0 Å². The summed E-state index contributed by atoms with van der Waals surface area (Å²) >= 11 is 0. The summed E-state index contributed by atoms with van der Waals surface area (Å²) in [5, 5.41) is 18.6. The van der Waals surface area contributed by atoms with Crippen LogP contribution >= 0.6 is 0 Å². The molecule has 0 aliphatic carbocycles. The molecule has 0 bridgehead atoms. The number of carbonyl (C=O) groups is 2. The molecule has 0 unspecified atom stereocenters. The molecule has 0 spiro atoms. The predicted octanol–water partition coefficient (Wildman–Crippen LogP) is 3.18. The average molecular weight is 463 g/mol. The zero-order chi connectivity index (χ0) is 24.1. The first-order valence-corrected chi connectivity index (χ1v) is 11.1. The van der Waals surface area contributed by atoms with Crippen molar-refractivity contribution in [2.24, 2.45) is 0 Å². The zero-order valence-electron chi connectivity index (χ0n) is 18.8. The summed E-state index contributed by atoms with van der Waals surface area (Å²) in [6.07, 6.45) is 0. The van der Waals surface area contributed by atoms with Gasteiger partial charge in [0.05, 0.1) is 24.2 Å². The van der Waals surface area contributed by atoms with Gasteiger partial charge >= 0.3 is 11.8 Å². The van der Waals surface area contributed by atoms with Crippen LogP contribution in [0.15, 0.2) is 60.7 Å². The van der Waals surface area contributed by atoms with E-state index >= 15 is 0 Å². The highest BCUT2D eigenvalue weighted by Crippen LogP contribution is 2.29. The quantitative estimate of drug-likeness (QED) is 0.330. The third-order valence-electron chi connectivity index (χ3n) is 5.93. The monoisotopic (exact) mass is 462 g/mol. The van der Waals surface area contributed by atoms with Crippen LogP contribution in [0, 0.1) is 17.0 Å². The van der Waals surface area contributed by atoms with Crippen molar-refractivity contribution >= 4 is 34.0 Å². The molecule has 0 radical (unpaired) electrons. The van der Waals surface area contributed by atoms with E-state index in [1.54, 1.807) is 13.0 Å². The Morgan fingerprint density at radius 1 is 1.06 bits per heavy atom. The summed E-state index contributed by atoms with van der Waals surface area (Å²) < 4.78 is 5.49. The molecular weight excluding hydrogens is 436 g/mol. The van der Waals surface area contributed by atoms with Crippen LogP contribution in [-0.2, 0) is 14.3 Å². The largest absolute Gasteiger partial charge is 0.379 e. The molecule has 3 aromatic rings. The summed E-state index contributed by atoms with van der Waals surface area (Å²) in [5.74, 6) is -1.81. The Labute approximate surface area is 196 Å². The van der Waals surface area contributed by atoms with Crippen molar-refractivity contribution in [3.05, 3.63) is 81.9 Å². The Morgan fingerprint density at radius 3 is 2.56 bits per heavy atom. The summed E-state index contributed by atoms with van der Waals surface area (Å²) in [4.78, 5) is 38.1. The number of hydrogen-bond acceptors (Lipinski definition) is 6. The van der Waals surface area contributed by atoms with Crippen LogP contribution in [0.4, 0.5) is 11.4 Å². The number of aryl methyl sites for hydroxylation is 1. The number of hydrogen-bond donors (Lipinski definition) is 2. The molecule has 9 nitrogen and oxygen atoms in total. The number of nitrogens with one attached hydrogen (secondary N) is 2. The fourth-order valence-corrected chi connectivity index (χ4v) is 4.21. The minimum absolute atomic E-state index is 0.0190. The maximum absolute atomic E-state index is 12.6. The second kappa shape index (κ2) is 10.4. The molecule has 1 aliphatic heterocycles. The Morgan fingerprint density at radius 2 is 1.79 bits per heavy atom. The van der Waals surface area contributed by atoms with Gasteiger partial charge in [-0.2, -0.15) is 0 Å². The molecule has 34 heavy (non-hydrogen) atoms. The molecule has 0 saturated carbocycles. The van der Waals surface area contributed by atoms with Crippen molar-refractivity contribution in [1.82, 2.24) is 10.2 Å². The first-order chi connectivity index (χ1) is 16.4. The Bertz CT molecular complexity index is 1220. The van der Waals surface area contributed by atoms with Gasteiger partial charge in [-0.15, -0.1) is 0 Å². The normalized spacial score (nSPS) is 15.0. The van der Waals surface area contributed by atoms with Gasteiger partial charge in [-0.3, -0.25) is 24.6 Å². The first kappa shape index (κ1) is 23.3. The van der Waals surface area contributed by atoms with Crippen molar-refractivity contribution in [2.45, 2.75) is 13.0 Å². The SMILES string of the molecule is Cc1ccc(NC(=O)C(=O)NC[C@@H](c2cccc3ccccc23)N2CCOCC2)c([N+](=O)[O-])c1. The average Bonchev–Trinajstić information content (AvgIpc) is 2.85. The highest BCUT2D eigenvalue weighted by Gasteiger charge is 2.26. The first-order valence-electron chi connectivity index (χ1n) is 11.1. The lowest BCUT2D eigenvalue weighted by atomic mass is 9.97. The number of fused-ring (bicyclic) bond motifs is 1. The molecular formula is C25H26N4O5. The Balaban J connectivity index is 1.52. The van der Waals surface area contributed by atoms with E-state index in [1.807, 2.05) is 42.5 Å². The van der Waals surface area contributed by atoms with Crippen LogP contribution in [0.2, 0.25) is 0 Å². The number of nitro benzene ring substituents is 1. The van der Waals surface area contributed by atoms with Crippen molar-refractivity contribution < 1.29 is 19.2 Å². The smallest absolute Gasteiger partial charge is 0.313 e. The van der Waals surface area contributed by atoms with E-state index < -0.39 is 16.7 Å². The fraction of sp³-hybridized carbons (Fsp3) is 0.280. The van der Waals surface area contributed by atoms with Gasteiger partial charge in [0.15, 0.2) is 0 Å². The number of carbonyl (C=O) groups excluding carboxylic acids is 2. The molecule has 2 N–H and O–H groups in total. The lowest BCUT2D eigenvalue weighted by Crippen LogP contribution is -2.45. The van der Waals surface area contributed by atoms with Crippen LogP contribution in [0.1, 0.15) is 17.2 Å². The van der Waals surface area contributed by atoms with Crippen LogP contribution in [0.25, 0.3) is 10.8 Å². The van der Waals surface area contributed by atoms with Gasteiger partial charge in [-0.25, -0.2) is 0 Å². The van der Waals surface area contributed by atoms with E-state index in [0.29, 0.717) is 31.9 Å². The van der Waals surface area contributed by atoms with Gasteiger partial charge < -0.3 is 15.4 Å². The van der Waals surface area contributed by atoms with Crippen molar-refractivity contribution in [1.29, 1.82) is 0 Å². The van der Waals surface area contributed by atoms with Crippen LogP contribution in [0.5, 0.6) is 0 Å². The molecule has 2 amide bonds.